The smallest absolute Gasteiger partial charge is 0.258 e. The Hall–Kier alpha value is -1.68. The Morgan fingerprint density at radius 1 is 1.04 bits per heavy atom. The number of hydrogen-bond acceptors (Lipinski definition) is 6. The number of ether oxygens (including phenoxy) is 3. The van der Waals surface area contributed by atoms with E-state index in [0.717, 1.165) is 0 Å². The fraction of sp³-hybridized carbons (Fsp3) is 0.500. The molecule has 130 valence electrons. The van der Waals surface area contributed by atoms with Crippen molar-refractivity contribution in [1.29, 1.82) is 0 Å². The predicted octanol–water partition coefficient (Wildman–Crippen LogP) is -0.247. The third kappa shape index (κ3) is 7.42. The monoisotopic (exact) mass is 346 g/mol. The maximum Gasteiger partial charge on any atom is 0.258 e. The summed E-state index contributed by atoms with van der Waals surface area (Å²) >= 11 is 0. The Bertz CT molecular complexity index is 573. The van der Waals surface area contributed by atoms with Gasteiger partial charge in [0.15, 0.2) is 6.61 Å². The van der Waals surface area contributed by atoms with Gasteiger partial charge < -0.3 is 19.5 Å². The van der Waals surface area contributed by atoms with Crippen molar-refractivity contribution in [2.45, 2.75) is 4.90 Å². The van der Waals surface area contributed by atoms with Gasteiger partial charge in [0.2, 0.25) is 10.0 Å². The van der Waals surface area contributed by atoms with E-state index in [1.165, 1.54) is 31.4 Å². The van der Waals surface area contributed by atoms with Gasteiger partial charge in [0.1, 0.15) is 5.75 Å². The van der Waals surface area contributed by atoms with Gasteiger partial charge in [-0.05, 0) is 24.3 Å². The minimum absolute atomic E-state index is 0.116. The molecule has 1 aromatic rings. The molecule has 1 amide bonds. The summed E-state index contributed by atoms with van der Waals surface area (Å²) in [7, 11) is -0.538. The van der Waals surface area contributed by atoms with E-state index in [9.17, 15) is 13.2 Å². The fourth-order valence-electron chi connectivity index (χ4n) is 1.57. The largest absolute Gasteiger partial charge is 0.484 e. The molecule has 23 heavy (non-hydrogen) atoms. The van der Waals surface area contributed by atoms with Gasteiger partial charge in [-0.15, -0.1) is 0 Å². The van der Waals surface area contributed by atoms with E-state index in [4.69, 9.17) is 14.2 Å². The van der Waals surface area contributed by atoms with E-state index < -0.39 is 10.0 Å². The van der Waals surface area contributed by atoms with Crippen molar-refractivity contribution in [2.75, 3.05) is 47.1 Å². The maximum atomic E-state index is 11.9. The van der Waals surface area contributed by atoms with Gasteiger partial charge in [-0.25, -0.2) is 13.1 Å². The zero-order valence-electron chi connectivity index (χ0n) is 13.2. The third-order valence-electron chi connectivity index (χ3n) is 2.73. The van der Waals surface area contributed by atoms with E-state index >= 15 is 0 Å². The minimum Gasteiger partial charge on any atom is -0.484 e. The van der Waals surface area contributed by atoms with E-state index in [-0.39, 0.29) is 24.0 Å². The van der Waals surface area contributed by atoms with Crippen LogP contribution in [-0.2, 0) is 24.3 Å². The molecule has 1 rings (SSSR count). The number of hydrogen-bond donors (Lipinski definition) is 2. The SMILES string of the molecule is COCCNC(=O)COc1ccc(S(=O)(=O)NCCOC)cc1. The molecule has 0 atom stereocenters. The van der Waals surface area contributed by atoms with Crippen molar-refractivity contribution in [2.24, 2.45) is 0 Å². The molecule has 0 aliphatic heterocycles. The van der Waals surface area contributed by atoms with Crippen LogP contribution < -0.4 is 14.8 Å². The van der Waals surface area contributed by atoms with Crippen molar-refractivity contribution >= 4 is 15.9 Å². The molecule has 0 saturated carbocycles. The summed E-state index contributed by atoms with van der Waals surface area (Å²) in [6.45, 7) is 1.16. The second-order valence-corrected chi connectivity index (χ2v) is 6.26. The summed E-state index contributed by atoms with van der Waals surface area (Å²) in [5, 5.41) is 2.61. The highest BCUT2D eigenvalue weighted by Crippen LogP contribution is 2.15. The van der Waals surface area contributed by atoms with E-state index in [0.29, 0.717) is 25.5 Å². The molecule has 2 N–H and O–H groups in total. The average Bonchev–Trinajstić information content (AvgIpc) is 2.54. The molecule has 9 heteroatoms. The zero-order valence-corrected chi connectivity index (χ0v) is 14.0. The Labute approximate surface area is 136 Å². The summed E-state index contributed by atoms with van der Waals surface area (Å²) in [5.74, 6) is 0.128. The van der Waals surface area contributed by atoms with Crippen LogP contribution in [-0.4, -0.2) is 61.5 Å². The topological polar surface area (TPSA) is 103 Å². The van der Waals surface area contributed by atoms with Crippen molar-refractivity contribution < 1.29 is 27.4 Å². The van der Waals surface area contributed by atoms with Crippen LogP contribution in [0.2, 0.25) is 0 Å². The fourth-order valence-corrected chi connectivity index (χ4v) is 2.58. The van der Waals surface area contributed by atoms with Gasteiger partial charge in [-0.3, -0.25) is 4.79 Å². The molecule has 0 aliphatic carbocycles. The van der Waals surface area contributed by atoms with Crippen molar-refractivity contribution in [3.05, 3.63) is 24.3 Å². The summed E-state index contributed by atoms with van der Waals surface area (Å²) in [5.41, 5.74) is 0. The van der Waals surface area contributed by atoms with E-state index in [2.05, 4.69) is 10.0 Å². The van der Waals surface area contributed by atoms with Crippen LogP contribution in [0.4, 0.5) is 0 Å². The molecular weight excluding hydrogens is 324 g/mol. The van der Waals surface area contributed by atoms with Crippen LogP contribution in [0.15, 0.2) is 29.2 Å². The number of rotatable bonds is 11. The molecule has 1 aromatic carbocycles. The average molecular weight is 346 g/mol. The summed E-state index contributed by atoms with van der Waals surface area (Å²) in [6, 6.07) is 5.81. The standard InChI is InChI=1S/C14H22N2O6S/c1-20-9-7-15-14(17)11-22-12-3-5-13(6-4-12)23(18,19)16-8-10-21-2/h3-6,16H,7-11H2,1-2H3,(H,15,17). The molecule has 8 nitrogen and oxygen atoms in total. The first-order chi connectivity index (χ1) is 11.0. The van der Waals surface area contributed by atoms with Crippen LogP contribution in [0.5, 0.6) is 5.75 Å². The number of benzene rings is 1. The third-order valence-corrected chi connectivity index (χ3v) is 4.21. The minimum atomic E-state index is -3.57. The molecule has 0 unspecified atom stereocenters. The lowest BCUT2D eigenvalue weighted by Crippen LogP contribution is -2.31. The van der Waals surface area contributed by atoms with Crippen LogP contribution in [0.3, 0.4) is 0 Å². The molecule has 0 aromatic heterocycles. The van der Waals surface area contributed by atoms with Crippen LogP contribution in [0.25, 0.3) is 0 Å². The van der Waals surface area contributed by atoms with Crippen molar-refractivity contribution in [3.8, 4) is 5.75 Å². The highest BCUT2D eigenvalue weighted by Gasteiger charge is 2.13. The number of methoxy groups -OCH3 is 2. The molecule has 0 saturated heterocycles. The van der Waals surface area contributed by atoms with Crippen LogP contribution in [0.1, 0.15) is 0 Å². The van der Waals surface area contributed by atoms with Gasteiger partial charge in [0.25, 0.3) is 5.91 Å². The molecule has 0 heterocycles. The lowest BCUT2D eigenvalue weighted by molar-refractivity contribution is -0.123. The number of carbonyl (C=O) groups is 1. The summed E-state index contributed by atoms with van der Waals surface area (Å²) in [6.07, 6.45) is 0. The van der Waals surface area contributed by atoms with Gasteiger partial charge in [0, 0.05) is 27.3 Å². The number of nitrogens with one attached hydrogen (secondary N) is 2. The first-order valence-corrected chi connectivity index (χ1v) is 8.45. The molecule has 0 bridgehead atoms. The molecule has 0 fully saturated rings. The molecular formula is C14H22N2O6S. The zero-order chi connectivity index (χ0) is 17.1. The Balaban J connectivity index is 2.48. The van der Waals surface area contributed by atoms with Gasteiger partial charge in [-0.1, -0.05) is 0 Å². The lowest BCUT2D eigenvalue weighted by Gasteiger charge is -2.09. The lowest BCUT2D eigenvalue weighted by atomic mass is 10.3. The quantitative estimate of drug-likeness (QED) is 0.536. The Kier molecular flexibility index (Phi) is 8.56. The highest BCUT2D eigenvalue weighted by molar-refractivity contribution is 7.89. The van der Waals surface area contributed by atoms with Gasteiger partial charge in [-0.2, -0.15) is 0 Å². The Morgan fingerprint density at radius 3 is 2.26 bits per heavy atom. The van der Waals surface area contributed by atoms with Gasteiger partial charge >= 0.3 is 0 Å². The number of carbonyl (C=O) groups excluding carboxylic acids is 1. The second-order valence-electron chi connectivity index (χ2n) is 4.49. The van der Waals surface area contributed by atoms with Crippen LogP contribution in [0, 0.1) is 0 Å². The van der Waals surface area contributed by atoms with Crippen molar-refractivity contribution in [3.63, 3.8) is 0 Å². The number of amides is 1. The molecule has 0 radical (unpaired) electrons. The first-order valence-electron chi connectivity index (χ1n) is 6.96. The first kappa shape index (κ1) is 19.4. The van der Waals surface area contributed by atoms with Crippen LogP contribution >= 0.6 is 0 Å². The van der Waals surface area contributed by atoms with E-state index in [1.54, 1.807) is 7.11 Å². The van der Waals surface area contributed by atoms with Gasteiger partial charge in [0.05, 0.1) is 18.1 Å². The summed E-state index contributed by atoms with van der Waals surface area (Å²) < 4.78 is 41.2. The highest BCUT2D eigenvalue weighted by atomic mass is 32.2. The summed E-state index contributed by atoms with van der Waals surface area (Å²) in [4.78, 5) is 11.6. The molecule has 0 spiro atoms. The second kappa shape index (κ2) is 10.2. The molecule has 0 aliphatic rings. The Morgan fingerprint density at radius 2 is 1.65 bits per heavy atom. The van der Waals surface area contributed by atoms with Crippen molar-refractivity contribution in [1.82, 2.24) is 10.0 Å². The predicted molar refractivity (Wildman–Crippen MR) is 83.9 cm³/mol. The normalized spacial score (nSPS) is 11.2. The number of sulfonamides is 1. The van der Waals surface area contributed by atoms with E-state index in [1.807, 2.05) is 0 Å². The maximum absolute atomic E-state index is 11.9.